The van der Waals surface area contributed by atoms with E-state index in [1.54, 1.807) is 4.90 Å². The van der Waals surface area contributed by atoms with E-state index in [0.29, 0.717) is 26.1 Å². The number of rotatable bonds is 2. The molecule has 1 saturated heterocycles. The minimum atomic E-state index is -0.477. The molecule has 1 unspecified atom stereocenters. The third-order valence-corrected chi connectivity index (χ3v) is 3.06. The fraction of sp³-hybridized carbons (Fsp3) is 0.857. The molecule has 0 aromatic heterocycles. The van der Waals surface area contributed by atoms with Crippen LogP contribution in [0.3, 0.4) is 0 Å². The largest absolute Gasteiger partial charge is 0.444 e. The van der Waals surface area contributed by atoms with E-state index in [-0.39, 0.29) is 18.0 Å². The van der Waals surface area contributed by atoms with Crippen molar-refractivity contribution in [2.45, 2.75) is 59.1 Å². The SMILES string of the molecule is CCCC(=O)N1CCN(C(=O)OC(C)(C)C)CC1C. The topological polar surface area (TPSA) is 49.9 Å². The van der Waals surface area contributed by atoms with Crippen LogP contribution in [0.4, 0.5) is 4.79 Å². The van der Waals surface area contributed by atoms with Gasteiger partial charge in [0.1, 0.15) is 5.60 Å². The van der Waals surface area contributed by atoms with Crippen molar-refractivity contribution >= 4 is 12.0 Å². The normalized spacial score (nSPS) is 20.4. The molecular formula is C14H26N2O3. The predicted octanol–water partition coefficient (Wildman–Crippen LogP) is 2.25. The lowest BCUT2D eigenvalue weighted by molar-refractivity contribution is -0.135. The highest BCUT2D eigenvalue weighted by Gasteiger charge is 2.31. The molecule has 1 atom stereocenters. The summed E-state index contributed by atoms with van der Waals surface area (Å²) < 4.78 is 5.35. The van der Waals surface area contributed by atoms with Crippen LogP contribution in [0.25, 0.3) is 0 Å². The van der Waals surface area contributed by atoms with Gasteiger partial charge in [-0.15, -0.1) is 0 Å². The summed E-state index contributed by atoms with van der Waals surface area (Å²) in [6.45, 7) is 11.2. The molecule has 19 heavy (non-hydrogen) atoms. The molecule has 5 heteroatoms. The highest BCUT2D eigenvalue weighted by molar-refractivity contribution is 5.77. The summed E-state index contributed by atoms with van der Waals surface area (Å²) in [4.78, 5) is 27.4. The van der Waals surface area contributed by atoms with Crippen molar-refractivity contribution in [2.75, 3.05) is 19.6 Å². The van der Waals surface area contributed by atoms with Gasteiger partial charge in [0.2, 0.25) is 5.91 Å². The molecule has 0 aliphatic carbocycles. The third-order valence-electron chi connectivity index (χ3n) is 3.06. The Bertz CT molecular complexity index is 336. The molecule has 110 valence electrons. The van der Waals surface area contributed by atoms with Gasteiger partial charge < -0.3 is 14.5 Å². The van der Waals surface area contributed by atoms with Gasteiger partial charge in [-0.3, -0.25) is 4.79 Å². The number of nitrogens with zero attached hydrogens (tertiary/aromatic N) is 2. The average molecular weight is 270 g/mol. The number of hydrogen-bond acceptors (Lipinski definition) is 3. The molecule has 0 radical (unpaired) electrons. The van der Waals surface area contributed by atoms with Crippen molar-refractivity contribution in [3.05, 3.63) is 0 Å². The molecule has 0 bridgehead atoms. The van der Waals surface area contributed by atoms with Gasteiger partial charge in [0.15, 0.2) is 0 Å². The Hall–Kier alpha value is -1.26. The maximum absolute atomic E-state index is 12.0. The van der Waals surface area contributed by atoms with E-state index < -0.39 is 5.60 Å². The first kappa shape index (κ1) is 15.8. The number of amides is 2. The Labute approximate surface area is 115 Å². The van der Waals surface area contributed by atoms with Crippen molar-refractivity contribution in [3.8, 4) is 0 Å². The predicted molar refractivity (Wildman–Crippen MR) is 73.9 cm³/mol. The molecule has 2 amide bonds. The Balaban J connectivity index is 2.54. The zero-order valence-corrected chi connectivity index (χ0v) is 12.7. The van der Waals surface area contributed by atoms with E-state index in [1.165, 1.54) is 0 Å². The molecule has 1 fully saturated rings. The minimum Gasteiger partial charge on any atom is -0.444 e. The van der Waals surface area contributed by atoms with Crippen LogP contribution in [-0.2, 0) is 9.53 Å². The van der Waals surface area contributed by atoms with E-state index in [0.717, 1.165) is 6.42 Å². The van der Waals surface area contributed by atoms with Gasteiger partial charge in [-0.25, -0.2) is 4.79 Å². The number of hydrogen-bond donors (Lipinski definition) is 0. The molecule has 0 aromatic carbocycles. The van der Waals surface area contributed by atoms with E-state index in [9.17, 15) is 9.59 Å². The zero-order valence-electron chi connectivity index (χ0n) is 12.7. The summed E-state index contributed by atoms with van der Waals surface area (Å²) in [5.74, 6) is 0.179. The molecule has 0 spiro atoms. The second-order valence-corrected chi connectivity index (χ2v) is 6.11. The maximum Gasteiger partial charge on any atom is 0.410 e. The van der Waals surface area contributed by atoms with Crippen LogP contribution in [-0.4, -0.2) is 53.1 Å². The second kappa shape index (κ2) is 6.26. The Kier molecular flexibility index (Phi) is 5.20. The maximum atomic E-state index is 12.0. The molecule has 1 rings (SSSR count). The van der Waals surface area contributed by atoms with Crippen LogP contribution in [0.2, 0.25) is 0 Å². The Morgan fingerprint density at radius 2 is 1.89 bits per heavy atom. The molecule has 1 aliphatic rings. The van der Waals surface area contributed by atoms with Crippen LogP contribution < -0.4 is 0 Å². The van der Waals surface area contributed by atoms with Crippen molar-refractivity contribution in [1.29, 1.82) is 0 Å². The standard InChI is InChI=1S/C14H26N2O3/c1-6-7-12(17)16-9-8-15(10-11(16)2)13(18)19-14(3,4)5/h11H,6-10H2,1-5H3. The number of carbonyl (C=O) groups is 2. The number of ether oxygens (including phenoxy) is 1. The number of carbonyl (C=O) groups excluding carboxylic acids is 2. The second-order valence-electron chi connectivity index (χ2n) is 6.11. The van der Waals surface area contributed by atoms with Crippen molar-refractivity contribution in [1.82, 2.24) is 9.80 Å². The average Bonchev–Trinajstić information content (AvgIpc) is 2.26. The summed E-state index contributed by atoms with van der Waals surface area (Å²) >= 11 is 0. The van der Waals surface area contributed by atoms with Crippen LogP contribution in [0.15, 0.2) is 0 Å². The summed E-state index contributed by atoms with van der Waals surface area (Å²) in [6.07, 6.45) is 1.15. The molecule has 0 aromatic rings. The van der Waals surface area contributed by atoms with E-state index in [2.05, 4.69) is 0 Å². The molecule has 0 saturated carbocycles. The first-order valence-corrected chi connectivity index (χ1v) is 7.02. The Morgan fingerprint density at radius 1 is 1.26 bits per heavy atom. The summed E-state index contributed by atoms with van der Waals surface area (Å²) in [7, 11) is 0. The van der Waals surface area contributed by atoms with Crippen molar-refractivity contribution in [2.24, 2.45) is 0 Å². The highest BCUT2D eigenvalue weighted by atomic mass is 16.6. The van der Waals surface area contributed by atoms with E-state index in [4.69, 9.17) is 4.74 Å². The van der Waals surface area contributed by atoms with Gasteiger partial charge in [0, 0.05) is 32.1 Å². The van der Waals surface area contributed by atoms with Gasteiger partial charge in [0.05, 0.1) is 0 Å². The Morgan fingerprint density at radius 3 is 2.37 bits per heavy atom. The fourth-order valence-corrected chi connectivity index (χ4v) is 2.18. The first-order chi connectivity index (χ1) is 8.74. The lowest BCUT2D eigenvalue weighted by Gasteiger charge is -2.40. The van der Waals surface area contributed by atoms with Gasteiger partial charge >= 0.3 is 6.09 Å². The van der Waals surface area contributed by atoms with Crippen LogP contribution in [0.5, 0.6) is 0 Å². The smallest absolute Gasteiger partial charge is 0.410 e. The van der Waals surface area contributed by atoms with E-state index in [1.807, 2.05) is 39.5 Å². The molecule has 0 N–H and O–H groups in total. The summed E-state index contributed by atoms with van der Waals surface area (Å²) in [5, 5.41) is 0. The molecule has 1 aliphatic heterocycles. The highest BCUT2D eigenvalue weighted by Crippen LogP contribution is 2.15. The third kappa shape index (κ3) is 4.73. The van der Waals surface area contributed by atoms with E-state index >= 15 is 0 Å². The van der Waals surface area contributed by atoms with Gasteiger partial charge in [-0.1, -0.05) is 6.92 Å². The van der Waals surface area contributed by atoms with Crippen LogP contribution in [0.1, 0.15) is 47.5 Å². The first-order valence-electron chi connectivity index (χ1n) is 7.02. The van der Waals surface area contributed by atoms with Gasteiger partial charge in [-0.2, -0.15) is 0 Å². The van der Waals surface area contributed by atoms with Gasteiger partial charge in [-0.05, 0) is 34.1 Å². The molecule has 1 heterocycles. The van der Waals surface area contributed by atoms with Crippen molar-refractivity contribution in [3.63, 3.8) is 0 Å². The fourth-order valence-electron chi connectivity index (χ4n) is 2.18. The lowest BCUT2D eigenvalue weighted by Crippen LogP contribution is -2.56. The van der Waals surface area contributed by atoms with Crippen molar-refractivity contribution < 1.29 is 14.3 Å². The summed E-state index contributed by atoms with van der Waals surface area (Å²) in [6, 6.07) is 0.0559. The monoisotopic (exact) mass is 270 g/mol. The lowest BCUT2D eigenvalue weighted by atomic mass is 10.1. The zero-order chi connectivity index (χ0) is 14.6. The summed E-state index contributed by atoms with van der Waals surface area (Å²) in [5.41, 5.74) is -0.477. The number of piperazine rings is 1. The molecular weight excluding hydrogens is 244 g/mol. The molecule has 5 nitrogen and oxygen atoms in total. The van der Waals surface area contributed by atoms with Crippen LogP contribution in [0, 0.1) is 0 Å². The quantitative estimate of drug-likeness (QED) is 0.773. The van der Waals surface area contributed by atoms with Gasteiger partial charge in [0.25, 0.3) is 0 Å². The minimum absolute atomic E-state index is 0.0559. The van der Waals surface area contributed by atoms with Crippen LogP contribution >= 0.6 is 0 Å².